The summed E-state index contributed by atoms with van der Waals surface area (Å²) < 4.78 is 0. The first-order chi connectivity index (χ1) is 4.29. The van der Waals surface area contributed by atoms with Crippen molar-refractivity contribution in [2.45, 2.75) is 24.1 Å². The largest absolute Gasteiger partial charge is 0.198 e. The standard InChI is InChI=1S/C7H8BrN/c8-6-3-7(6,4-9)5-1-2-5/h5-6H,1-3H2. The van der Waals surface area contributed by atoms with E-state index in [0.29, 0.717) is 4.83 Å². The van der Waals surface area contributed by atoms with Gasteiger partial charge in [-0.25, -0.2) is 0 Å². The Labute approximate surface area is 63.2 Å². The Bertz CT molecular complexity index is 180. The van der Waals surface area contributed by atoms with Gasteiger partial charge in [-0.15, -0.1) is 0 Å². The predicted molar refractivity (Wildman–Crippen MR) is 38.1 cm³/mol. The van der Waals surface area contributed by atoms with E-state index in [4.69, 9.17) is 5.26 Å². The summed E-state index contributed by atoms with van der Waals surface area (Å²) in [5.74, 6) is 0.742. The van der Waals surface area contributed by atoms with Crippen LogP contribution in [0.3, 0.4) is 0 Å². The second-order valence-electron chi connectivity index (χ2n) is 3.10. The van der Waals surface area contributed by atoms with Crippen LogP contribution < -0.4 is 0 Å². The van der Waals surface area contributed by atoms with Crippen molar-refractivity contribution >= 4 is 15.9 Å². The lowest BCUT2D eigenvalue weighted by Crippen LogP contribution is -2.01. The third kappa shape index (κ3) is 0.646. The summed E-state index contributed by atoms with van der Waals surface area (Å²) in [6.07, 6.45) is 3.67. The Morgan fingerprint density at radius 2 is 2.11 bits per heavy atom. The van der Waals surface area contributed by atoms with Gasteiger partial charge >= 0.3 is 0 Å². The molecule has 0 aromatic heterocycles. The maximum atomic E-state index is 8.76. The Morgan fingerprint density at radius 1 is 1.56 bits per heavy atom. The maximum Gasteiger partial charge on any atom is 0.0738 e. The molecule has 0 amide bonds. The number of halogens is 1. The van der Waals surface area contributed by atoms with Gasteiger partial charge in [0.05, 0.1) is 11.5 Å². The van der Waals surface area contributed by atoms with Gasteiger partial charge in [-0.2, -0.15) is 5.26 Å². The van der Waals surface area contributed by atoms with Crippen molar-refractivity contribution in [3.05, 3.63) is 0 Å². The molecule has 2 rings (SSSR count). The van der Waals surface area contributed by atoms with Crippen molar-refractivity contribution in [2.24, 2.45) is 11.3 Å². The highest BCUT2D eigenvalue weighted by Gasteiger charge is 2.61. The van der Waals surface area contributed by atoms with Crippen molar-refractivity contribution < 1.29 is 0 Å². The molecule has 2 fully saturated rings. The van der Waals surface area contributed by atoms with Crippen LogP contribution in [0, 0.1) is 22.7 Å². The van der Waals surface area contributed by atoms with E-state index in [1.807, 2.05) is 0 Å². The molecule has 48 valence electrons. The van der Waals surface area contributed by atoms with Gasteiger partial charge in [0.2, 0.25) is 0 Å². The van der Waals surface area contributed by atoms with Gasteiger partial charge in [0.25, 0.3) is 0 Å². The minimum atomic E-state index is 0.0833. The van der Waals surface area contributed by atoms with Gasteiger partial charge in [-0.3, -0.25) is 0 Å². The average Bonchev–Trinajstić information content (AvgIpc) is 2.59. The molecule has 2 atom stereocenters. The Hall–Kier alpha value is -0.0300. The van der Waals surface area contributed by atoms with Crippen molar-refractivity contribution in [3.8, 4) is 6.07 Å². The van der Waals surface area contributed by atoms with E-state index in [0.717, 1.165) is 12.3 Å². The molecule has 2 aliphatic rings. The molecule has 0 bridgehead atoms. The molecule has 0 spiro atoms. The van der Waals surface area contributed by atoms with E-state index in [1.165, 1.54) is 12.8 Å². The van der Waals surface area contributed by atoms with E-state index in [1.54, 1.807) is 0 Å². The number of nitrogens with zero attached hydrogens (tertiary/aromatic N) is 1. The molecule has 2 saturated carbocycles. The van der Waals surface area contributed by atoms with Crippen molar-refractivity contribution in [1.82, 2.24) is 0 Å². The smallest absolute Gasteiger partial charge is 0.0738 e. The monoisotopic (exact) mass is 185 g/mol. The molecule has 0 N–H and O–H groups in total. The molecule has 0 aliphatic heterocycles. The number of nitriles is 1. The van der Waals surface area contributed by atoms with E-state index < -0.39 is 0 Å². The van der Waals surface area contributed by atoms with Crippen LogP contribution in [0.4, 0.5) is 0 Å². The molecule has 0 aromatic rings. The topological polar surface area (TPSA) is 23.8 Å². The summed E-state index contributed by atoms with van der Waals surface area (Å²) in [5.41, 5.74) is 0.0833. The van der Waals surface area contributed by atoms with Crippen molar-refractivity contribution in [1.29, 1.82) is 5.26 Å². The average molecular weight is 186 g/mol. The minimum absolute atomic E-state index is 0.0833. The summed E-state index contributed by atoms with van der Waals surface area (Å²) >= 11 is 3.48. The molecule has 0 radical (unpaired) electrons. The molecule has 2 heteroatoms. The summed E-state index contributed by atoms with van der Waals surface area (Å²) in [6, 6.07) is 2.42. The fourth-order valence-corrected chi connectivity index (χ4v) is 2.48. The molecule has 2 unspecified atom stereocenters. The lowest BCUT2D eigenvalue weighted by molar-refractivity contribution is 0.578. The predicted octanol–water partition coefficient (Wildman–Crippen LogP) is 2.07. The second-order valence-corrected chi connectivity index (χ2v) is 4.20. The molecule has 2 aliphatic carbocycles. The third-order valence-electron chi connectivity index (χ3n) is 2.43. The first-order valence-electron chi connectivity index (χ1n) is 3.35. The number of hydrogen-bond acceptors (Lipinski definition) is 1. The summed E-state index contributed by atoms with van der Waals surface area (Å²) in [4.78, 5) is 0.516. The van der Waals surface area contributed by atoms with Gasteiger partial charge in [0.15, 0.2) is 0 Å². The summed E-state index contributed by atoms with van der Waals surface area (Å²) in [7, 11) is 0. The second kappa shape index (κ2) is 1.52. The van der Waals surface area contributed by atoms with Gasteiger partial charge < -0.3 is 0 Å². The molecule has 0 aromatic carbocycles. The van der Waals surface area contributed by atoms with Gasteiger partial charge in [-0.05, 0) is 25.2 Å². The molecule has 0 saturated heterocycles. The van der Waals surface area contributed by atoms with Crippen LogP contribution in [0.1, 0.15) is 19.3 Å². The Balaban J connectivity index is 2.14. The van der Waals surface area contributed by atoms with Gasteiger partial charge in [0, 0.05) is 4.83 Å². The van der Waals surface area contributed by atoms with Gasteiger partial charge in [0.1, 0.15) is 0 Å². The zero-order valence-electron chi connectivity index (χ0n) is 5.10. The first-order valence-corrected chi connectivity index (χ1v) is 4.26. The molecular weight excluding hydrogens is 178 g/mol. The fraction of sp³-hybridized carbons (Fsp3) is 0.857. The first kappa shape index (κ1) is 5.73. The fourth-order valence-electron chi connectivity index (χ4n) is 1.47. The van der Waals surface area contributed by atoms with Crippen molar-refractivity contribution in [2.75, 3.05) is 0 Å². The van der Waals surface area contributed by atoms with Crippen molar-refractivity contribution in [3.63, 3.8) is 0 Å². The molecular formula is C7H8BrN. The van der Waals surface area contributed by atoms with Crippen LogP contribution in [0.2, 0.25) is 0 Å². The van der Waals surface area contributed by atoms with Crippen LogP contribution in [0.25, 0.3) is 0 Å². The van der Waals surface area contributed by atoms with Crippen LogP contribution in [-0.2, 0) is 0 Å². The lowest BCUT2D eigenvalue weighted by Gasteiger charge is -1.99. The summed E-state index contributed by atoms with van der Waals surface area (Å²) in [5, 5.41) is 8.76. The Kier molecular flexibility index (Phi) is 0.967. The van der Waals surface area contributed by atoms with Gasteiger partial charge in [-0.1, -0.05) is 15.9 Å². The minimum Gasteiger partial charge on any atom is -0.198 e. The highest BCUT2D eigenvalue weighted by molar-refractivity contribution is 9.09. The quantitative estimate of drug-likeness (QED) is 0.575. The summed E-state index contributed by atoms with van der Waals surface area (Å²) in [6.45, 7) is 0. The van der Waals surface area contributed by atoms with E-state index in [9.17, 15) is 0 Å². The van der Waals surface area contributed by atoms with Crippen LogP contribution in [0.5, 0.6) is 0 Å². The van der Waals surface area contributed by atoms with E-state index in [2.05, 4.69) is 22.0 Å². The molecule has 1 nitrogen and oxygen atoms in total. The third-order valence-corrected chi connectivity index (χ3v) is 3.57. The highest BCUT2D eigenvalue weighted by atomic mass is 79.9. The van der Waals surface area contributed by atoms with Crippen LogP contribution in [0.15, 0.2) is 0 Å². The normalized spacial score (nSPS) is 48.2. The zero-order chi connectivity index (χ0) is 6.48. The van der Waals surface area contributed by atoms with E-state index in [-0.39, 0.29) is 5.41 Å². The number of rotatable bonds is 1. The number of hydrogen-bond donors (Lipinski definition) is 0. The highest BCUT2D eigenvalue weighted by Crippen LogP contribution is 2.63. The van der Waals surface area contributed by atoms with E-state index >= 15 is 0 Å². The zero-order valence-corrected chi connectivity index (χ0v) is 6.69. The van der Waals surface area contributed by atoms with Crippen LogP contribution in [-0.4, -0.2) is 4.83 Å². The lowest BCUT2D eigenvalue weighted by atomic mass is 10.0. The number of alkyl halides is 1. The Morgan fingerprint density at radius 3 is 2.22 bits per heavy atom. The molecule has 0 heterocycles. The maximum absolute atomic E-state index is 8.76. The molecule has 9 heavy (non-hydrogen) atoms. The van der Waals surface area contributed by atoms with Crippen LogP contribution >= 0.6 is 15.9 Å². The SMILES string of the molecule is N#CC1(C2CC2)CC1Br.